The van der Waals surface area contributed by atoms with Crippen LogP contribution in [0.15, 0.2) is 53.3 Å². The van der Waals surface area contributed by atoms with Gasteiger partial charge in [0.1, 0.15) is 5.69 Å². The van der Waals surface area contributed by atoms with Crippen LogP contribution in [0.2, 0.25) is 0 Å². The number of aromatic carboxylic acids is 1. The van der Waals surface area contributed by atoms with Gasteiger partial charge in [-0.1, -0.05) is 38.1 Å². The van der Waals surface area contributed by atoms with Crippen LogP contribution in [0.4, 0.5) is 0 Å². The van der Waals surface area contributed by atoms with E-state index in [1.807, 2.05) is 24.3 Å². The van der Waals surface area contributed by atoms with Gasteiger partial charge in [0.05, 0.1) is 16.6 Å². The molecule has 0 bridgehead atoms. The van der Waals surface area contributed by atoms with Crippen LogP contribution in [0.1, 0.15) is 24.2 Å². The van der Waals surface area contributed by atoms with Crippen molar-refractivity contribution >= 4 is 17.0 Å². The predicted molar refractivity (Wildman–Crippen MR) is 93.2 cm³/mol. The molecule has 0 aliphatic rings. The summed E-state index contributed by atoms with van der Waals surface area (Å²) in [5.41, 5.74) is 2.53. The highest BCUT2D eigenvalue weighted by molar-refractivity contribution is 5.88. The highest BCUT2D eigenvalue weighted by atomic mass is 16.4. The Balaban J connectivity index is 2.22. The molecule has 3 aromatic rings. The van der Waals surface area contributed by atoms with Crippen molar-refractivity contribution in [1.29, 1.82) is 0 Å². The standard InChI is InChI=1S/C19H18N2O3/c1-12(2)11-21-16-6-4-3-5-15(16)20-17(18(21)22)13-7-9-14(10-8-13)19(23)24/h3-10,12H,11H2,1-2H3,(H,23,24). The van der Waals surface area contributed by atoms with Gasteiger partial charge in [-0.15, -0.1) is 0 Å². The number of para-hydroxylation sites is 2. The van der Waals surface area contributed by atoms with Gasteiger partial charge in [0.15, 0.2) is 0 Å². The van der Waals surface area contributed by atoms with Gasteiger partial charge in [0.2, 0.25) is 0 Å². The number of benzene rings is 2. The first-order chi connectivity index (χ1) is 11.5. The van der Waals surface area contributed by atoms with Crippen molar-refractivity contribution < 1.29 is 9.90 Å². The SMILES string of the molecule is CC(C)Cn1c(=O)c(-c2ccc(C(=O)O)cc2)nc2ccccc21. The Labute approximate surface area is 139 Å². The summed E-state index contributed by atoms with van der Waals surface area (Å²) < 4.78 is 1.74. The van der Waals surface area contributed by atoms with Gasteiger partial charge in [-0.3, -0.25) is 4.79 Å². The Morgan fingerprint density at radius 1 is 1.12 bits per heavy atom. The first-order valence-corrected chi connectivity index (χ1v) is 7.80. The summed E-state index contributed by atoms with van der Waals surface area (Å²) in [7, 11) is 0. The molecule has 0 radical (unpaired) electrons. The van der Waals surface area contributed by atoms with E-state index in [0.29, 0.717) is 23.7 Å². The van der Waals surface area contributed by atoms with Crippen molar-refractivity contribution in [3.05, 3.63) is 64.4 Å². The molecule has 0 fully saturated rings. The zero-order chi connectivity index (χ0) is 17.3. The zero-order valence-electron chi connectivity index (χ0n) is 13.6. The van der Waals surface area contributed by atoms with Gasteiger partial charge in [-0.2, -0.15) is 0 Å². The lowest BCUT2D eigenvalue weighted by molar-refractivity contribution is 0.0697. The summed E-state index contributed by atoms with van der Waals surface area (Å²) in [5.74, 6) is -0.680. The molecular weight excluding hydrogens is 304 g/mol. The highest BCUT2D eigenvalue weighted by Crippen LogP contribution is 2.19. The number of carbonyl (C=O) groups is 1. The maximum absolute atomic E-state index is 12.9. The highest BCUT2D eigenvalue weighted by Gasteiger charge is 2.14. The molecule has 24 heavy (non-hydrogen) atoms. The second-order valence-electron chi connectivity index (χ2n) is 6.14. The monoisotopic (exact) mass is 322 g/mol. The number of hydrogen-bond donors (Lipinski definition) is 1. The van der Waals surface area contributed by atoms with E-state index in [1.165, 1.54) is 12.1 Å². The number of rotatable bonds is 4. The summed E-state index contributed by atoms with van der Waals surface area (Å²) in [6.45, 7) is 4.72. The maximum atomic E-state index is 12.9. The minimum absolute atomic E-state index is 0.162. The van der Waals surface area contributed by atoms with Crippen LogP contribution >= 0.6 is 0 Å². The number of fused-ring (bicyclic) bond motifs is 1. The van der Waals surface area contributed by atoms with Crippen molar-refractivity contribution in [2.45, 2.75) is 20.4 Å². The second kappa shape index (κ2) is 6.28. The van der Waals surface area contributed by atoms with Crippen LogP contribution in [-0.2, 0) is 6.54 Å². The molecule has 0 unspecified atom stereocenters. The van der Waals surface area contributed by atoms with E-state index in [0.717, 1.165) is 11.0 Å². The molecule has 5 nitrogen and oxygen atoms in total. The van der Waals surface area contributed by atoms with E-state index in [-0.39, 0.29) is 11.1 Å². The first-order valence-electron chi connectivity index (χ1n) is 7.80. The largest absolute Gasteiger partial charge is 0.478 e. The molecule has 2 aromatic carbocycles. The van der Waals surface area contributed by atoms with Gasteiger partial charge < -0.3 is 9.67 Å². The average Bonchev–Trinajstić information content (AvgIpc) is 2.57. The minimum atomic E-state index is -0.995. The van der Waals surface area contributed by atoms with Crippen LogP contribution in [0.25, 0.3) is 22.3 Å². The minimum Gasteiger partial charge on any atom is -0.478 e. The number of nitrogens with zero attached hydrogens (tertiary/aromatic N) is 2. The number of carboxylic acids is 1. The normalized spacial score (nSPS) is 11.1. The lowest BCUT2D eigenvalue weighted by Crippen LogP contribution is -2.25. The van der Waals surface area contributed by atoms with Crippen molar-refractivity contribution in [3.8, 4) is 11.3 Å². The van der Waals surface area contributed by atoms with E-state index in [9.17, 15) is 9.59 Å². The maximum Gasteiger partial charge on any atom is 0.335 e. The smallest absolute Gasteiger partial charge is 0.335 e. The third-order valence-electron chi connectivity index (χ3n) is 3.81. The Morgan fingerprint density at radius 2 is 1.79 bits per heavy atom. The molecule has 1 N–H and O–H groups in total. The number of aromatic nitrogens is 2. The molecule has 5 heteroatoms. The van der Waals surface area contributed by atoms with Crippen LogP contribution < -0.4 is 5.56 Å². The summed E-state index contributed by atoms with van der Waals surface area (Å²) >= 11 is 0. The van der Waals surface area contributed by atoms with Crippen molar-refractivity contribution in [3.63, 3.8) is 0 Å². The average molecular weight is 322 g/mol. The lowest BCUT2D eigenvalue weighted by Gasteiger charge is -2.14. The number of carboxylic acid groups (broad SMARTS) is 1. The Kier molecular flexibility index (Phi) is 4.16. The van der Waals surface area contributed by atoms with E-state index >= 15 is 0 Å². The van der Waals surface area contributed by atoms with E-state index in [2.05, 4.69) is 18.8 Å². The van der Waals surface area contributed by atoms with Gasteiger partial charge >= 0.3 is 5.97 Å². The Morgan fingerprint density at radius 3 is 2.42 bits per heavy atom. The predicted octanol–water partition coefficient (Wildman–Crippen LogP) is 3.42. The fraction of sp³-hybridized carbons (Fsp3) is 0.211. The summed E-state index contributed by atoms with van der Waals surface area (Å²) in [6, 6.07) is 13.8. The molecule has 1 aromatic heterocycles. The number of hydrogen-bond acceptors (Lipinski definition) is 3. The molecule has 0 saturated carbocycles. The van der Waals surface area contributed by atoms with E-state index in [1.54, 1.807) is 16.7 Å². The van der Waals surface area contributed by atoms with Crippen molar-refractivity contribution in [1.82, 2.24) is 9.55 Å². The fourth-order valence-electron chi connectivity index (χ4n) is 2.70. The van der Waals surface area contributed by atoms with Crippen molar-refractivity contribution in [2.75, 3.05) is 0 Å². The van der Waals surface area contributed by atoms with E-state index in [4.69, 9.17) is 5.11 Å². The lowest BCUT2D eigenvalue weighted by atomic mass is 10.1. The molecule has 0 atom stereocenters. The second-order valence-corrected chi connectivity index (χ2v) is 6.14. The summed E-state index contributed by atoms with van der Waals surface area (Å²) in [6.07, 6.45) is 0. The van der Waals surface area contributed by atoms with Gasteiger partial charge in [0, 0.05) is 12.1 Å². The van der Waals surface area contributed by atoms with Crippen LogP contribution in [0, 0.1) is 5.92 Å². The van der Waals surface area contributed by atoms with Crippen LogP contribution in [-0.4, -0.2) is 20.6 Å². The molecule has 0 aliphatic carbocycles. The zero-order valence-corrected chi connectivity index (χ0v) is 13.6. The van der Waals surface area contributed by atoms with Crippen LogP contribution in [0.5, 0.6) is 0 Å². The first kappa shape index (κ1) is 15.9. The molecule has 0 amide bonds. The molecule has 0 saturated heterocycles. The van der Waals surface area contributed by atoms with Gasteiger partial charge in [-0.25, -0.2) is 9.78 Å². The topological polar surface area (TPSA) is 72.2 Å². The summed E-state index contributed by atoms with van der Waals surface area (Å²) in [5, 5.41) is 9.00. The van der Waals surface area contributed by atoms with Crippen LogP contribution in [0.3, 0.4) is 0 Å². The molecule has 0 spiro atoms. The Hall–Kier alpha value is -2.95. The van der Waals surface area contributed by atoms with Gasteiger partial charge in [-0.05, 0) is 30.2 Å². The molecule has 0 aliphatic heterocycles. The van der Waals surface area contributed by atoms with Gasteiger partial charge in [0.25, 0.3) is 5.56 Å². The third kappa shape index (κ3) is 2.93. The summed E-state index contributed by atoms with van der Waals surface area (Å²) in [4.78, 5) is 28.4. The third-order valence-corrected chi connectivity index (χ3v) is 3.81. The molecular formula is C19H18N2O3. The molecule has 1 heterocycles. The fourth-order valence-corrected chi connectivity index (χ4v) is 2.70. The Bertz CT molecular complexity index is 957. The quantitative estimate of drug-likeness (QED) is 0.799. The van der Waals surface area contributed by atoms with E-state index < -0.39 is 5.97 Å². The molecule has 3 rings (SSSR count). The van der Waals surface area contributed by atoms with Crippen molar-refractivity contribution in [2.24, 2.45) is 5.92 Å². The molecule has 122 valence electrons.